The lowest BCUT2D eigenvalue weighted by Crippen LogP contribution is -2.32. The zero-order chi connectivity index (χ0) is 17.2. The van der Waals surface area contributed by atoms with E-state index in [1.807, 2.05) is 36.1 Å². The molecular formula is C17H23N2O4P. The van der Waals surface area contributed by atoms with Crippen LogP contribution in [0.5, 0.6) is 0 Å². The standard InChI is InChI=1S/C17H23N2O4P/c1-3-22-24(20,21)16-17(19-11-5-4-6-12-19)23-15(18-16)14-9-7-13(2)8-10-14/h7-10H,3-6,11-12H2,1-2H3,(H,20,21). The Morgan fingerprint density at radius 1 is 1.25 bits per heavy atom. The minimum atomic E-state index is -4.00. The number of oxazole rings is 1. The van der Waals surface area contributed by atoms with Gasteiger partial charge in [0.05, 0.1) is 6.61 Å². The Balaban J connectivity index is 2.04. The molecular weight excluding hydrogens is 327 g/mol. The van der Waals surface area contributed by atoms with E-state index in [0.29, 0.717) is 11.8 Å². The summed E-state index contributed by atoms with van der Waals surface area (Å²) in [6, 6.07) is 7.71. The summed E-state index contributed by atoms with van der Waals surface area (Å²) in [5.74, 6) is 0.712. The second-order valence-electron chi connectivity index (χ2n) is 6.00. The van der Waals surface area contributed by atoms with Gasteiger partial charge in [-0.3, -0.25) is 4.57 Å². The monoisotopic (exact) mass is 350 g/mol. The Bertz CT molecular complexity index is 736. The minimum absolute atomic E-state index is 0.0156. The molecule has 1 fully saturated rings. The van der Waals surface area contributed by atoms with Crippen LogP contribution in [0.3, 0.4) is 0 Å². The molecule has 2 aromatic rings. The van der Waals surface area contributed by atoms with Crippen LogP contribution in [0.15, 0.2) is 28.7 Å². The summed E-state index contributed by atoms with van der Waals surface area (Å²) in [5, 5.41) is 0. The van der Waals surface area contributed by atoms with E-state index in [0.717, 1.165) is 43.5 Å². The van der Waals surface area contributed by atoms with E-state index in [9.17, 15) is 9.46 Å². The zero-order valence-corrected chi connectivity index (χ0v) is 15.0. The van der Waals surface area contributed by atoms with Crippen LogP contribution in [-0.2, 0) is 9.09 Å². The fourth-order valence-corrected chi connectivity index (χ4v) is 3.97. The van der Waals surface area contributed by atoms with Crippen LogP contribution in [0.25, 0.3) is 11.5 Å². The number of hydrogen-bond acceptors (Lipinski definition) is 5. The van der Waals surface area contributed by atoms with Crippen molar-refractivity contribution in [3.05, 3.63) is 29.8 Å². The molecule has 1 unspecified atom stereocenters. The van der Waals surface area contributed by atoms with Crippen LogP contribution < -0.4 is 10.3 Å². The Morgan fingerprint density at radius 3 is 2.54 bits per heavy atom. The van der Waals surface area contributed by atoms with E-state index in [2.05, 4.69) is 4.98 Å². The average molecular weight is 350 g/mol. The van der Waals surface area contributed by atoms with Gasteiger partial charge < -0.3 is 18.7 Å². The van der Waals surface area contributed by atoms with Gasteiger partial charge >= 0.3 is 7.60 Å². The Kier molecular flexibility index (Phi) is 5.09. The van der Waals surface area contributed by atoms with Gasteiger partial charge in [0, 0.05) is 18.7 Å². The van der Waals surface area contributed by atoms with Crippen molar-refractivity contribution in [1.29, 1.82) is 0 Å². The van der Waals surface area contributed by atoms with Crippen molar-refractivity contribution in [1.82, 2.24) is 4.98 Å². The zero-order valence-electron chi connectivity index (χ0n) is 14.1. The molecule has 6 nitrogen and oxygen atoms in total. The van der Waals surface area contributed by atoms with Crippen molar-refractivity contribution in [2.24, 2.45) is 0 Å². The second kappa shape index (κ2) is 7.09. The topological polar surface area (TPSA) is 75.8 Å². The summed E-state index contributed by atoms with van der Waals surface area (Å²) in [5.41, 5.74) is 1.92. The molecule has 1 atom stereocenters. The van der Waals surface area contributed by atoms with Gasteiger partial charge in [0.25, 0.3) is 0 Å². The highest BCUT2D eigenvalue weighted by Crippen LogP contribution is 2.44. The fraction of sp³-hybridized carbons (Fsp3) is 0.471. The molecule has 0 saturated carbocycles. The molecule has 0 radical (unpaired) electrons. The Labute approximate surface area is 142 Å². The van der Waals surface area contributed by atoms with Gasteiger partial charge in [0.15, 0.2) is 0 Å². The Hall–Kier alpha value is -1.62. The first kappa shape index (κ1) is 17.2. The van der Waals surface area contributed by atoms with E-state index < -0.39 is 7.60 Å². The summed E-state index contributed by atoms with van der Waals surface area (Å²) in [4.78, 5) is 16.6. The number of nitrogens with zero attached hydrogens (tertiary/aromatic N) is 2. The number of aryl methyl sites for hydroxylation is 1. The molecule has 7 heteroatoms. The molecule has 1 aliphatic rings. The van der Waals surface area contributed by atoms with Gasteiger partial charge in [0.1, 0.15) is 0 Å². The number of rotatable bonds is 5. The lowest BCUT2D eigenvalue weighted by atomic mass is 10.1. The van der Waals surface area contributed by atoms with Crippen LogP contribution in [0, 0.1) is 6.92 Å². The smallest absolute Gasteiger partial charge is 0.382 e. The number of hydrogen-bond donors (Lipinski definition) is 1. The molecule has 1 aromatic heterocycles. The summed E-state index contributed by atoms with van der Waals surface area (Å²) < 4.78 is 23.6. The lowest BCUT2D eigenvalue weighted by molar-refractivity contribution is 0.283. The van der Waals surface area contributed by atoms with Crippen molar-refractivity contribution in [2.45, 2.75) is 33.1 Å². The quantitative estimate of drug-likeness (QED) is 0.832. The third kappa shape index (κ3) is 3.56. The van der Waals surface area contributed by atoms with Crippen molar-refractivity contribution in [3.8, 4) is 11.5 Å². The molecule has 1 aromatic carbocycles. The maximum Gasteiger partial charge on any atom is 0.382 e. The predicted molar refractivity (Wildman–Crippen MR) is 93.8 cm³/mol. The fourth-order valence-electron chi connectivity index (χ4n) is 2.85. The van der Waals surface area contributed by atoms with Crippen molar-refractivity contribution >= 4 is 18.9 Å². The van der Waals surface area contributed by atoms with E-state index in [-0.39, 0.29) is 12.0 Å². The first-order valence-electron chi connectivity index (χ1n) is 8.32. The maximum absolute atomic E-state index is 12.6. The summed E-state index contributed by atoms with van der Waals surface area (Å²) in [6.07, 6.45) is 3.22. The van der Waals surface area contributed by atoms with Crippen LogP contribution in [-0.4, -0.2) is 29.6 Å². The second-order valence-corrected chi connectivity index (χ2v) is 7.72. The van der Waals surface area contributed by atoms with E-state index in [1.165, 1.54) is 0 Å². The number of benzene rings is 1. The van der Waals surface area contributed by atoms with Gasteiger partial charge in [0.2, 0.25) is 17.2 Å². The molecule has 3 rings (SSSR count). The van der Waals surface area contributed by atoms with Gasteiger partial charge in [-0.25, -0.2) is 0 Å². The molecule has 130 valence electrons. The number of aromatic nitrogens is 1. The minimum Gasteiger partial charge on any atom is -0.419 e. The number of anilines is 1. The SMILES string of the molecule is CCOP(=O)(O)c1nc(-c2ccc(C)cc2)oc1N1CCCCC1. The molecule has 2 heterocycles. The normalized spacial score (nSPS) is 17.7. The van der Waals surface area contributed by atoms with Gasteiger partial charge in [-0.15, -0.1) is 0 Å². The largest absolute Gasteiger partial charge is 0.419 e. The number of piperidine rings is 1. The average Bonchev–Trinajstić information content (AvgIpc) is 3.02. The lowest BCUT2D eigenvalue weighted by Gasteiger charge is -2.27. The van der Waals surface area contributed by atoms with Crippen molar-refractivity contribution < 1.29 is 18.4 Å². The molecule has 0 bridgehead atoms. The van der Waals surface area contributed by atoms with Gasteiger partial charge in [-0.05, 0) is 45.2 Å². The molecule has 1 aliphatic heterocycles. The molecule has 0 amide bonds. The highest BCUT2D eigenvalue weighted by atomic mass is 31.2. The van der Waals surface area contributed by atoms with Gasteiger partial charge in [-0.1, -0.05) is 17.7 Å². The predicted octanol–water partition coefficient (Wildman–Crippen LogP) is 3.49. The molecule has 1 saturated heterocycles. The van der Waals surface area contributed by atoms with Gasteiger partial charge in [-0.2, -0.15) is 4.98 Å². The highest BCUT2D eigenvalue weighted by molar-refractivity contribution is 7.61. The molecule has 0 aliphatic carbocycles. The van der Waals surface area contributed by atoms with E-state index >= 15 is 0 Å². The first-order valence-corrected chi connectivity index (χ1v) is 9.89. The third-order valence-electron chi connectivity index (χ3n) is 4.11. The van der Waals surface area contributed by atoms with Crippen molar-refractivity contribution in [3.63, 3.8) is 0 Å². The van der Waals surface area contributed by atoms with E-state index in [4.69, 9.17) is 8.94 Å². The maximum atomic E-state index is 12.6. The Morgan fingerprint density at radius 2 is 1.92 bits per heavy atom. The third-order valence-corrected chi connectivity index (χ3v) is 5.54. The van der Waals surface area contributed by atoms with Crippen LogP contribution in [0.1, 0.15) is 31.7 Å². The summed E-state index contributed by atoms with van der Waals surface area (Å²) >= 11 is 0. The summed E-state index contributed by atoms with van der Waals surface area (Å²) in [6.45, 7) is 5.41. The molecule has 24 heavy (non-hydrogen) atoms. The van der Waals surface area contributed by atoms with E-state index in [1.54, 1.807) is 6.92 Å². The van der Waals surface area contributed by atoms with Crippen LogP contribution in [0.4, 0.5) is 5.88 Å². The van der Waals surface area contributed by atoms with Crippen molar-refractivity contribution in [2.75, 3.05) is 24.6 Å². The highest BCUT2D eigenvalue weighted by Gasteiger charge is 2.35. The summed E-state index contributed by atoms with van der Waals surface area (Å²) in [7, 11) is -4.00. The molecule has 1 N–H and O–H groups in total. The van der Waals surface area contributed by atoms with Crippen LogP contribution >= 0.6 is 7.60 Å². The first-order chi connectivity index (χ1) is 11.5. The van der Waals surface area contributed by atoms with Crippen LogP contribution in [0.2, 0.25) is 0 Å². The molecule has 0 spiro atoms.